The average Bonchev–Trinajstić information content (AvgIpc) is 3.08. The first kappa shape index (κ1) is 31.7. The van der Waals surface area contributed by atoms with E-state index >= 15 is 0 Å². The van der Waals surface area contributed by atoms with E-state index < -0.39 is 35.0 Å². The van der Waals surface area contributed by atoms with Crippen molar-refractivity contribution in [3.8, 4) is 11.6 Å². The SMILES string of the molecule is O=C1NC(=O)N(c2ccccc2)C(=O)C1=CC=C(C=Cc1c(O)n(-c2ccccc2)c(=O)[nH]c1=O)C1CCC(C2CCCCC2)CC1. The number of hydrogen-bond acceptors (Lipinski definition) is 6. The zero-order valence-corrected chi connectivity index (χ0v) is 26.1. The molecule has 2 aliphatic carbocycles. The fraction of sp³-hybridized carbons (Fsp3) is 0.324. The number of para-hydroxylation sites is 2. The van der Waals surface area contributed by atoms with Crippen molar-refractivity contribution in [1.82, 2.24) is 14.9 Å². The monoisotopic (exact) mass is 634 g/mol. The van der Waals surface area contributed by atoms with E-state index in [0.29, 0.717) is 17.3 Å². The van der Waals surface area contributed by atoms with Crippen molar-refractivity contribution in [1.29, 1.82) is 0 Å². The van der Waals surface area contributed by atoms with Crippen LogP contribution in [-0.2, 0) is 9.59 Å². The Balaban J connectivity index is 1.35. The number of imide groups is 2. The first-order chi connectivity index (χ1) is 22.8. The van der Waals surface area contributed by atoms with Crippen LogP contribution in [0.25, 0.3) is 11.8 Å². The number of H-pyrrole nitrogens is 1. The number of carbonyl (C=O) groups is 3. The zero-order valence-electron chi connectivity index (χ0n) is 26.1. The van der Waals surface area contributed by atoms with Crippen LogP contribution in [-0.4, -0.2) is 32.5 Å². The maximum Gasteiger partial charge on any atom is 0.335 e. The van der Waals surface area contributed by atoms with Gasteiger partial charge in [-0.1, -0.05) is 80.7 Å². The van der Waals surface area contributed by atoms with Crippen LogP contribution in [0.2, 0.25) is 0 Å². The molecule has 3 N–H and O–H groups in total. The lowest BCUT2D eigenvalue weighted by molar-refractivity contribution is -0.122. The van der Waals surface area contributed by atoms with Gasteiger partial charge in [-0.05, 0) is 85.4 Å². The number of aromatic nitrogens is 2. The van der Waals surface area contributed by atoms with Crippen LogP contribution in [0.1, 0.15) is 63.4 Å². The van der Waals surface area contributed by atoms with E-state index in [1.54, 1.807) is 72.8 Å². The lowest BCUT2D eigenvalue weighted by atomic mass is 9.69. The molecule has 3 aromatic rings. The number of barbiturate groups is 1. The molecule has 0 radical (unpaired) electrons. The number of hydrogen-bond donors (Lipinski definition) is 3. The van der Waals surface area contributed by atoms with Gasteiger partial charge in [0.15, 0.2) is 0 Å². The highest BCUT2D eigenvalue weighted by Crippen LogP contribution is 2.42. The van der Waals surface area contributed by atoms with Gasteiger partial charge in [0.1, 0.15) is 11.1 Å². The lowest BCUT2D eigenvalue weighted by Crippen LogP contribution is -2.54. The Morgan fingerprint density at radius 2 is 1.38 bits per heavy atom. The molecule has 3 fully saturated rings. The standard InChI is InChI=1S/C37H38N4O6/c42-32-30(34(44)40(36(46)38-32)28-12-6-2-7-13-28)22-20-27(26-18-16-25(17-19-26)24-10-4-1-5-11-24)21-23-31-33(43)39-37(47)41(35(31)45)29-14-8-3-9-15-29/h2-3,6-9,12-15,20-26,44H,1,4-5,10-11,16-19H2,(H,38,42,46)(H,39,43,47). The summed E-state index contributed by atoms with van der Waals surface area (Å²) in [6.45, 7) is 0. The van der Waals surface area contributed by atoms with Gasteiger partial charge in [-0.15, -0.1) is 0 Å². The lowest BCUT2D eigenvalue weighted by Gasteiger charge is -2.36. The summed E-state index contributed by atoms with van der Waals surface area (Å²) in [5.74, 6) is -0.565. The van der Waals surface area contributed by atoms with Crippen LogP contribution in [0.15, 0.2) is 99.6 Å². The molecule has 2 saturated carbocycles. The molecule has 0 bridgehead atoms. The smallest absolute Gasteiger partial charge is 0.335 e. The fourth-order valence-electron chi connectivity index (χ4n) is 7.21. The van der Waals surface area contributed by atoms with Gasteiger partial charge in [0.05, 0.1) is 11.4 Å². The number of aromatic hydroxyl groups is 1. The third kappa shape index (κ3) is 6.82. The Bertz CT molecular complexity index is 1860. The molecule has 10 heteroatoms. The van der Waals surface area contributed by atoms with Gasteiger partial charge in [-0.3, -0.25) is 24.7 Å². The van der Waals surface area contributed by atoms with Gasteiger partial charge in [-0.25, -0.2) is 19.1 Å². The number of anilines is 1. The van der Waals surface area contributed by atoms with Gasteiger partial charge >= 0.3 is 11.7 Å². The summed E-state index contributed by atoms with van der Waals surface area (Å²) in [4.78, 5) is 67.7. The summed E-state index contributed by atoms with van der Waals surface area (Å²) in [5, 5.41) is 13.4. The summed E-state index contributed by atoms with van der Waals surface area (Å²) >= 11 is 0. The van der Waals surface area contributed by atoms with Crippen LogP contribution < -0.4 is 21.5 Å². The van der Waals surface area contributed by atoms with E-state index in [1.807, 2.05) is 0 Å². The van der Waals surface area contributed by atoms with Crippen molar-refractivity contribution >= 4 is 29.6 Å². The number of urea groups is 1. The maximum atomic E-state index is 13.4. The molecule has 3 aliphatic rings. The van der Waals surface area contributed by atoms with E-state index in [1.165, 1.54) is 44.3 Å². The van der Waals surface area contributed by atoms with Gasteiger partial charge in [-0.2, -0.15) is 0 Å². The van der Waals surface area contributed by atoms with Crippen molar-refractivity contribution < 1.29 is 19.5 Å². The molecule has 0 spiro atoms. The van der Waals surface area contributed by atoms with Crippen molar-refractivity contribution in [2.75, 3.05) is 4.90 Å². The largest absolute Gasteiger partial charge is 0.494 e. The maximum absolute atomic E-state index is 13.4. The van der Waals surface area contributed by atoms with Crippen molar-refractivity contribution in [2.45, 2.75) is 57.8 Å². The van der Waals surface area contributed by atoms with E-state index in [9.17, 15) is 29.1 Å². The Labute approximate surface area is 272 Å². The number of nitrogens with one attached hydrogen (secondary N) is 2. The minimum atomic E-state index is -0.822. The third-order valence-corrected chi connectivity index (χ3v) is 9.70. The molecule has 1 aromatic heterocycles. The molecule has 1 aliphatic heterocycles. The predicted molar refractivity (Wildman–Crippen MR) is 179 cm³/mol. The Kier molecular flexibility index (Phi) is 9.47. The summed E-state index contributed by atoms with van der Waals surface area (Å²) < 4.78 is 1.03. The molecule has 4 amide bonds. The van der Waals surface area contributed by atoms with E-state index in [-0.39, 0.29) is 17.1 Å². The first-order valence-electron chi connectivity index (χ1n) is 16.3. The quantitative estimate of drug-likeness (QED) is 0.171. The number of nitrogens with zero attached hydrogens (tertiary/aromatic N) is 2. The number of benzene rings is 2. The molecule has 2 heterocycles. The molecule has 6 rings (SSSR count). The predicted octanol–water partition coefficient (Wildman–Crippen LogP) is 5.77. The van der Waals surface area contributed by atoms with Crippen LogP contribution in [0.3, 0.4) is 0 Å². The van der Waals surface area contributed by atoms with E-state index in [4.69, 9.17) is 0 Å². The Morgan fingerprint density at radius 3 is 2.04 bits per heavy atom. The molecule has 10 nitrogen and oxygen atoms in total. The number of allylic oxidation sites excluding steroid dienone is 4. The number of aromatic amines is 1. The highest BCUT2D eigenvalue weighted by Gasteiger charge is 2.36. The third-order valence-electron chi connectivity index (χ3n) is 9.70. The molecular weight excluding hydrogens is 596 g/mol. The molecule has 1 saturated heterocycles. The average molecular weight is 635 g/mol. The summed E-state index contributed by atoms with van der Waals surface area (Å²) in [7, 11) is 0. The van der Waals surface area contributed by atoms with Crippen LogP contribution in [0.5, 0.6) is 5.88 Å². The first-order valence-corrected chi connectivity index (χ1v) is 16.3. The molecular formula is C37H38N4O6. The van der Waals surface area contributed by atoms with Crippen LogP contribution >= 0.6 is 0 Å². The molecule has 2 aromatic carbocycles. The van der Waals surface area contributed by atoms with Crippen molar-refractivity contribution in [3.63, 3.8) is 0 Å². The van der Waals surface area contributed by atoms with Gasteiger partial charge in [0, 0.05) is 0 Å². The second-order valence-electron chi connectivity index (χ2n) is 12.5. The zero-order chi connectivity index (χ0) is 32.9. The van der Waals surface area contributed by atoms with Gasteiger partial charge in [0.25, 0.3) is 17.4 Å². The minimum Gasteiger partial charge on any atom is -0.494 e. The number of rotatable bonds is 7. The molecule has 0 atom stereocenters. The second-order valence-corrected chi connectivity index (χ2v) is 12.5. The Hall–Kier alpha value is -5.25. The topological polar surface area (TPSA) is 142 Å². The highest BCUT2D eigenvalue weighted by atomic mass is 16.3. The normalized spacial score (nSPS) is 22.2. The molecule has 47 heavy (non-hydrogen) atoms. The highest BCUT2D eigenvalue weighted by molar-refractivity contribution is 6.37. The van der Waals surface area contributed by atoms with Crippen molar-refractivity contribution in [2.24, 2.45) is 17.8 Å². The van der Waals surface area contributed by atoms with E-state index in [0.717, 1.165) is 46.6 Å². The minimum absolute atomic E-state index is 0.0674. The van der Waals surface area contributed by atoms with E-state index in [2.05, 4.69) is 10.3 Å². The summed E-state index contributed by atoms with van der Waals surface area (Å²) in [5.41, 5.74) is -0.322. The van der Waals surface area contributed by atoms with Gasteiger partial charge < -0.3 is 5.11 Å². The summed E-state index contributed by atoms with van der Waals surface area (Å²) in [6, 6.07) is 16.0. The number of carbonyl (C=O) groups excluding carboxylic acids is 3. The van der Waals surface area contributed by atoms with Crippen molar-refractivity contribution in [3.05, 3.63) is 116 Å². The van der Waals surface area contributed by atoms with Gasteiger partial charge in [0.2, 0.25) is 5.88 Å². The van der Waals surface area contributed by atoms with Crippen LogP contribution in [0, 0.1) is 17.8 Å². The second kappa shape index (κ2) is 14.0. The van der Waals surface area contributed by atoms with Crippen LogP contribution in [0.4, 0.5) is 10.5 Å². The Morgan fingerprint density at radius 1 is 0.766 bits per heavy atom. The molecule has 242 valence electrons. The molecule has 0 unspecified atom stereocenters. The summed E-state index contributed by atoms with van der Waals surface area (Å²) in [6.07, 6.45) is 16.6. The fourth-order valence-corrected chi connectivity index (χ4v) is 7.21. The number of amides is 4.